The minimum atomic E-state index is -0.0569. The van der Waals surface area contributed by atoms with Crippen LogP contribution in [-0.4, -0.2) is 52.9 Å². The van der Waals surface area contributed by atoms with Gasteiger partial charge in [-0.2, -0.15) is 0 Å². The third-order valence-corrected chi connectivity index (χ3v) is 7.68. The Balaban J connectivity index is 1.10. The van der Waals surface area contributed by atoms with Gasteiger partial charge in [-0.05, 0) is 67.1 Å². The van der Waals surface area contributed by atoms with Crippen LogP contribution in [0.2, 0.25) is 0 Å². The summed E-state index contributed by atoms with van der Waals surface area (Å²) in [5.41, 5.74) is 3.27. The second-order valence-electron chi connectivity index (χ2n) is 8.92. The minimum absolute atomic E-state index is 0.0569. The van der Waals surface area contributed by atoms with Gasteiger partial charge in [0.25, 0.3) is 5.91 Å². The van der Waals surface area contributed by atoms with Crippen molar-refractivity contribution >= 4 is 29.0 Å². The zero-order valence-electron chi connectivity index (χ0n) is 18.7. The number of nitrogens with zero attached hydrogens (tertiary/aromatic N) is 3. The quantitative estimate of drug-likeness (QED) is 0.589. The molecule has 33 heavy (non-hydrogen) atoms. The summed E-state index contributed by atoms with van der Waals surface area (Å²) in [4.78, 5) is 35.2. The molecular weight excluding hydrogens is 432 g/mol. The lowest BCUT2D eigenvalue weighted by Crippen LogP contribution is -2.50. The van der Waals surface area contributed by atoms with Gasteiger partial charge in [-0.3, -0.25) is 9.78 Å². The van der Waals surface area contributed by atoms with Gasteiger partial charge in [-0.25, -0.2) is 4.79 Å². The summed E-state index contributed by atoms with van der Waals surface area (Å²) < 4.78 is 0. The van der Waals surface area contributed by atoms with Gasteiger partial charge < -0.3 is 15.1 Å². The van der Waals surface area contributed by atoms with Crippen LogP contribution in [0.3, 0.4) is 0 Å². The number of nitrogens with one attached hydrogen (secondary N) is 1. The normalized spacial score (nSPS) is 17.0. The van der Waals surface area contributed by atoms with Crippen LogP contribution in [0.1, 0.15) is 50.4 Å². The fraction of sp³-hybridized carbons (Fsp3) is 0.346. The van der Waals surface area contributed by atoms with E-state index in [4.69, 9.17) is 0 Å². The van der Waals surface area contributed by atoms with E-state index in [-0.39, 0.29) is 11.9 Å². The molecule has 0 bridgehead atoms. The van der Waals surface area contributed by atoms with Crippen LogP contribution in [0, 0.1) is 6.92 Å². The number of hydrogen-bond donors (Lipinski definition) is 1. The van der Waals surface area contributed by atoms with Gasteiger partial charge in [-0.1, -0.05) is 18.2 Å². The predicted molar refractivity (Wildman–Crippen MR) is 131 cm³/mol. The minimum Gasteiger partial charge on any atom is -0.338 e. The number of carbonyl (C=O) groups excluding carboxylic acids is 2. The summed E-state index contributed by atoms with van der Waals surface area (Å²) in [5.74, 6) is 0.967. The first-order chi connectivity index (χ1) is 16.1. The van der Waals surface area contributed by atoms with Crippen molar-refractivity contribution < 1.29 is 9.59 Å². The van der Waals surface area contributed by atoms with Crippen LogP contribution in [-0.2, 0) is 0 Å². The van der Waals surface area contributed by atoms with E-state index in [1.165, 1.54) is 16.0 Å². The summed E-state index contributed by atoms with van der Waals surface area (Å²) in [6.45, 7) is 5.04. The molecule has 2 fully saturated rings. The van der Waals surface area contributed by atoms with Gasteiger partial charge in [-0.15, -0.1) is 11.3 Å². The van der Waals surface area contributed by atoms with Gasteiger partial charge in [0.05, 0.1) is 4.88 Å². The van der Waals surface area contributed by atoms with Gasteiger partial charge in [0.1, 0.15) is 0 Å². The van der Waals surface area contributed by atoms with Crippen molar-refractivity contribution in [1.29, 1.82) is 0 Å². The van der Waals surface area contributed by atoms with Crippen molar-refractivity contribution in [2.75, 3.05) is 31.5 Å². The number of rotatable bonds is 4. The third kappa shape index (κ3) is 4.78. The standard InChI is InChI=1S/C26H28N4O2S/c1-18-4-9-24(33-18)25(31)29-13-10-20(11-14-29)19-5-7-23(8-6-19)28-26(32)30-16-22(17-30)21-3-2-12-27-15-21/h2-9,12,15,20,22H,10-11,13-14,16-17H2,1H3,(H,28,32). The van der Waals surface area contributed by atoms with Gasteiger partial charge >= 0.3 is 6.03 Å². The second-order valence-corrected chi connectivity index (χ2v) is 10.2. The maximum absolute atomic E-state index is 12.7. The van der Waals surface area contributed by atoms with Crippen LogP contribution in [0.4, 0.5) is 10.5 Å². The maximum Gasteiger partial charge on any atom is 0.321 e. The molecule has 0 atom stereocenters. The van der Waals surface area contributed by atoms with E-state index >= 15 is 0 Å². The molecule has 170 valence electrons. The Hall–Kier alpha value is -3.19. The van der Waals surface area contributed by atoms with E-state index in [9.17, 15) is 9.59 Å². The molecule has 0 unspecified atom stereocenters. The predicted octanol–water partition coefficient (Wildman–Crippen LogP) is 5.10. The Morgan fingerprint density at radius 2 is 1.70 bits per heavy atom. The first kappa shape index (κ1) is 21.6. The Morgan fingerprint density at radius 1 is 0.939 bits per heavy atom. The van der Waals surface area contributed by atoms with Crippen molar-refractivity contribution in [3.63, 3.8) is 0 Å². The van der Waals surface area contributed by atoms with Crippen molar-refractivity contribution in [1.82, 2.24) is 14.8 Å². The Kier molecular flexibility index (Phi) is 6.13. The molecule has 4 heterocycles. The molecule has 2 aliphatic heterocycles. The number of aryl methyl sites for hydroxylation is 1. The van der Waals surface area contributed by atoms with E-state index in [0.717, 1.165) is 49.6 Å². The molecule has 6 nitrogen and oxygen atoms in total. The van der Waals surface area contributed by atoms with Crippen molar-refractivity contribution in [2.24, 2.45) is 0 Å². The molecule has 1 aromatic carbocycles. The molecule has 1 N–H and O–H groups in total. The van der Waals surface area contributed by atoms with E-state index < -0.39 is 0 Å². The third-order valence-electron chi connectivity index (χ3n) is 6.69. The SMILES string of the molecule is Cc1ccc(C(=O)N2CCC(c3ccc(NC(=O)N4CC(c5cccnc5)C4)cc3)CC2)s1. The number of pyridine rings is 1. The summed E-state index contributed by atoms with van der Waals surface area (Å²) in [7, 11) is 0. The largest absolute Gasteiger partial charge is 0.338 e. The molecule has 2 aromatic heterocycles. The molecule has 2 aliphatic rings. The molecule has 0 spiro atoms. The summed E-state index contributed by atoms with van der Waals surface area (Å²) in [5, 5.41) is 3.01. The van der Waals surface area contributed by atoms with Crippen molar-refractivity contribution in [3.05, 3.63) is 81.8 Å². The molecule has 0 saturated carbocycles. The molecule has 0 radical (unpaired) electrons. The lowest BCUT2D eigenvalue weighted by molar-refractivity contribution is 0.0718. The Bertz CT molecular complexity index is 1110. The van der Waals surface area contributed by atoms with Crippen LogP contribution in [0.5, 0.6) is 0 Å². The van der Waals surface area contributed by atoms with Crippen LogP contribution in [0.25, 0.3) is 0 Å². The smallest absolute Gasteiger partial charge is 0.321 e. The first-order valence-corrected chi connectivity index (χ1v) is 12.3. The average molecular weight is 461 g/mol. The van der Waals surface area contributed by atoms with Gasteiger partial charge in [0.15, 0.2) is 0 Å². The van der Waals surface area contributed by atoms with Crippen LogP contribution in [0.15, 0.2) is 60.9 Å². The highest BCUT2D eigenvalue weighted by atomic mass is 32.1. The average Bonchev–Trinajstić information content (AvgIpc) is 3.25. The number of anilines is 1. The summed E-state index contributed by atoms with van der Waals surface area (Å²) in [6.07, 6.45) is 5.57. The fourth-order valence-corrected chi connectivity index (χ4v) is 5.47. The number of amides is 3. The number of urea groups is 1. The van der Waals surface area contributed by atoms with Gasteiger partial charge in [0, 0.05) is 55.1 Å². The number of benzene rings is 1. The number of likely N-dealkylation sites (tertiary alicyclic amines) is 2. The van der Waals surface area contributed by atoms with Gasteiger partial charge in [0.2, 0.25) is 0 Å². The lowest BCUT2D eigenvalue weighted by Gasteiger charge is -2.39. The van der Waals surface area contributed by atoms with E-state index in [1.54, 1.807) is 17.5 Å². The highest BCUT2D eigenvalue weighted by Gasteiger charge is 2.32. The topological polar surface area (TPSA) is 65.5 Å². The van der Waals surface area contributed by atoms with E-state index in [1.807, 2.05) is 53.3 Å². The van der Waals surface area contributed by atoms with Crippen LogP contribution >= 0.6 is 11.3 Å². The zero-order valence-corrected chi connectivity index (χ0v) is 19.6. The number of hydrogen-bond acceptors (Lipinski definition) is 4. The highest BCUT2D eigenvalue weighted by Crippen LogP contribution is 2.31. The van der Waals surface area contributed by atoms with E-state index in [2.05, 4.69) is 28.5 Å². The maximum atomic E-state index is 12.7. The molecule has 0 aliphatic carbocycles. The van der Waals surface area contributed by atoms with Crippen molar-refractivity contribution in [2.45, 2.75) is 31.6 Å². The first-order valence-electron chi connectivity index (χ1n) is 11.5. The lowest BCUT2D eigenvalue weighted by atomic mass is 9.89. The molecule has 2 saturated heterocycles. The number of carbonyl (C=O) groups is 2. The summed E-state index contributed by atoms with van der Waals surface area (Å²) >= 11 is 1.57. The van der Waals surface area contributed by atoms with E-state index in [0.29, 0.717) is 11.8 Å². The molecule has 5 rings (SSSR count). The zero-order chi connectivity index (χ0) is 22.8. The van der Waals surface area contributed by atoms with Crippen molar-refractivity contribution in [3.8, 4) is 0 Å². The Labute approximate surface area is 198 Å². The second kappa shape index (κ2) is 9.35. The molecule has 3 amide bonds. The summed E-state index contributed by atoms with van der Waals surface area (Å²) in [6, 6.07) is 16.1. The number of piperidine rings is 1. The highest BCUT2D eigenvalue weighted by molar-refractivity contribution is 7.13. The number of thiophene rings is 1. The molecule has 3 aromatic rings. The number of aromatic nitrogens is 1. The monoisotopic (exact) mass is 460 g/mol. The molecular formula is C26H28N4O2S. The Morgan fingerprint density at radius 3 is 2.33 bits per heavy atom. The molecule has 7 heteroatoms. The fourth-order valence-electron chi connectivity index (χ4n) is 4.64. The van der Waals surface area contributed by atoms with Crippen LogP contribution < -0.4 is 5.32 Å².